The molecule has 1 aromatic heterocycles. The quantitative estimate of drug-likeness (QED) is 0.721. The second-order valence-electron chi connectivity index (χ2n) is 3.78. The van der Waals surface area contributed by atoms with E-state index in [4.69, 9.17) is 0 Å². The van der Waals surface area contributed by atoms with Crippen LogP contribution in [-0.4, -0.2) is 28.0 Å². The molecule has 0 atom stereocenters. The molecule has 1 aromatic rings. The van der Waals surface area contributed by atoms with Crippen molar-refractivity contribution in [2.24, 2.45) is 7.05 Å². The number of imidazole rings is 1. The van der Waals surface area contributed by atoms with Gasteiger partial charge in [0.2, 0.25) is 5.91 Å². The number of carbonyl (C=O) groups excluding carboxylic acids is 1. The first-order valence-electron chi connectivity index (χ1n) is 5.06. The fourth-order valence-electron chi connectivity index (χ4n) is 1.23. The van der Waals surface area contributed by atoms with Crippen molar-refractivity contribution in [1.29, 1.82) is 0 Å². The SMILES string of the molecule is CC(C)NC(=O)CNCc1nccn1C. The lowest BCUT2D eigenvalue weighted by Gasteiger charge is -2.08. The highest BCUT2D eigenvalue weighted by Crippen LogP contribution is 1.92. The predicted octanol–water partition coefficient (Wildman–Crippen LogP) is 0.0343. The van der Waals surface area contributed by atoms with Crippen LogP contribution in [0.5, 0.6) is 0 Å². The lowest BCUT2D eigenvalue weighted by Crippen LogP contribution is -2.37. The number of rotatable bonds is 5. The molecule has 84 valence electrons. The number of carbonyl (C=O) groups is 1. The third kappa shape index (κ3) is 4.12. The minimum Gasteiger partial charge on any atom is -0.353 e. The Hall–Kier alpha value is -1.36. The van der Waals surface area contributed by atoms with E-state index < -0.39 is 0 Å². The van der Waals surface area contributed by atoms with E-state index in [1.54, 1.807) is 6.20 Å². The maximum Gasteiger partial charge on any atom is 0.234 e. The lowest BCUT2D eigenvalue weighted by molar-refractivity contribution is -0.120. The molecule has 2 N–H and O–H groups in total. The third-order valence-corrected chi connectivity index (χ3v) is 1.94. The lowest BCUT2D eigenvalue weighted by atomic mass is 10.4. The highest BCUT2D eigenvalue weighted by molar-refractivity contribution is 5.78. The van der Waals surface area contributed by atoms with Crippen molar-refractivity contribution < 1.29 is 4.79 Å². The molecule has 0 aliphatic carbocycles. The Morgan fingerprint density at radius 2 is 2.33 bits per heavy atom. The average Bonchev–Trinajstić information content (AvgIpc) is 2.50. The van der Waals surface area contributed by atoms with Gasteiger partial charge < -0.3 is 15.2 Å². The fraction of sp³-hybridized carbons (Fsp3) is 0.600. The van der Waals surface area contributed by atoms with E-state index in [-0.39, 0.29) is 11.9 Å². The van der Waals surface area contributed by atoms with E-state index in [2.05, 4.69) is 15.6 Å². The highest BCUT2D eigenvalue weighted by atomic mass is 16.1. The van der Waals surface area contributed by atoms with Crippen molar-refractivity contribution in [2.75, 3.05) is 6.54 Å². The Morgan fingerprint density at radius 3 is 2.87 bits per heavy atom. The van der Waals surface area contributed by atoms with Gasteiger partial charge in [0.05, 0.1) is 13.1 Å². The van der Waals surface area contributed by atoms with Gasteiger partial charge in [-0.25, -0.2) is 4.98 Å². The first-order chi connectivity index (χ1) is 7.09. The summed E-state index contributed by atoms with van der Waals surface area (Å²) >= 11 is 0. The summed E-state index contributed by atoms with van der Waals surface area (Å²) in [5.41, 5.74) is 0. The molecule has 1 heterocycles. The van der Waals surface area contributed by atoms with Crippen LogP contribution in [0.1, 0.15) is 19.7 Å². The van der Waals surface area contributed by atoms with Crippen LogP contribution in [-0.2, 0) is 18.4 Å². The smallest absolute Gasteiger partial charge is 0.234 e. The van der Waals surface area contributed by atoms with Crippen LogP contribution in [0.4, 0.5) is 0 Å². The molecule has 0 unspecified atom stereocenters. The first kappa shape index (κ1) is 11.7. The molecule has 0 aliphatic rings. The van der Waals surface area contributed by atoms with E-state index >= 15 is 0 Å². The van der Waals surface area contributed by atoms with Crippen LogP contribution in [0.3, 0.4) is 0 Å². The van der Waals surface area contributed by atoms with Crippen LogP contribution in [0.25, 0.3) is 0 Å². The Bertz CT molecular complexity index is 319. The molecule has 5 heteroatoms. The molecule has 1 rings (SSSR count). The van der Waals surface area contributed by atoms with E-state index in [0.29, 0.717) is 13.1 Å². The topological polar surface area (TPSA) is 59.0 Å². The summed E-state index contributed by atoms with van der Waals surface area (Å²) in [7, 11) is 1.93. The van der Waals surface area contributed by atoms with Gasteiger partial charge in [0.25, 0.3) is 0 Å². The zero-order valence-corrected chi connectivity index (χ0v) is 9.45. The van der Waals surface area contributed by atoms with Crippen molar-refractivity contribution in [1.82, 2.24) is 20.2 Å². The molecule has 5 nitrogen and oxygen atoms in total. The Labute approximate surface area is 89.9 Å². The van der Waals surface area contributed by atoms with E-state index in [9.17, 15) is 4.79 Å². The van der Waals surface area contributed by atoms with Gasteiger partial charge in [-0.05, 0) is 13.8 Å². The van der Waals surface area contributed by atoms with E-state index in [1.807, 2.05) is 31.7 Å². The van der Waals surface area contributed by atoms with Crippen molar-refractivity contribution >= 4 is 5.91 Å². The molecule has 0 aliphatic heterocycles. The third-order valence-electron chi connectivity index (χ3n) is 1.94. The van der Waals surface area contributed by atoms with Gasteiger partial charge in [-0.3, -0.25) is 4.79 Å². The predicted molar refractivity (Wildman–Crippen MR) is 58.2 cm³/mol. The monoisotopic (exact) mass is 210 g/mol. The van der Waals surface area contributed by atoms with Crippen molar-refractivity contribution in [2.45, 2.75) is 26.4 Å². The minimum atomic E-state index is 0.0132. The molecular formula is C10H18N4O. The van der Waals surface area contributed by atoms with Crippen LogP contribution >= 0.6 is 0 Å². The molecule has 0 spiro atoms. The van der Waals surface area contributed by atoms with Crippen molar-refractivity contribution in [3.63, 3.8) is 0 Å². The Kier molecular flexibility index (Phi) is 4.30. The number of nitrogens with zero attached hydrogens (tertiary/aromatic N) is 2. The molecule has 0 radical (unpaired) electrons. The summed E-state index contributed by atoms with van der Waals surface area (Å²) in [6.45, 7) is 4.81. The number of aryl methyl sites for hydroxylation is 1. The van der Waals surface area contributed by atoms with Gasteiger partial charge in [0.15, 0.2) is 0 Å². The maximum absolute atomic E-state index is 11.3. The van der Waals surface area contributed by atoms with Gasteiger partial charge in [0.1, 0.15) is 5.82 Å². The molecule has 0 bridgehead atoms. The number of hydrogen-bond donors (Lipinski definition) is 2. The normalized spacial score (nSPS) is 10.7. The number of aromatic nitrogens is 2. The van der Waals surface area contributed by atoms with Gasteiger partial charge in [-0.15, -0.1) is 0 Å². The Morgan fingerprint density at radius 1 is 1.60 bits per heavy atom. The van der Waals surface area contributed by atoms with Crippen LogP contribution < -0.4 is 10.6 Å². The highest BCUT2D eigenvalue weighted by Gasteiger charge is 2.03. The van der Waals surface area contributed by atoms with Gasteiger partial charge in [-0.2, -0.15) is 0 Å². The summed E-state index contributed by atoms with van der Waals surface area (Å²) in [6, 6.07) is 0.187. The number of hydrogen-bond acceptors (Lipinski definition) is 3. The second kappa shape index (κ2) is 5.50. The number of nitrogens with one attached hydrogen (secondary N) is 2. The summed E-state index contributed by atoms with van der Waals surface area (Å²) in [5.74, 6) is 0.937. The van der Waals surface area contributed by atoms with Gasteiger partial charge in [0, 0.05) is 25.5 Å². The average molecular weight is 210 g/mol. The summed E-state index contributed by atoms with van der Waals surface area (Å²) in [6.07, 6.45) is 3.62. The number of amides is 1. The van der Waals surface area contributed by atoms with Gasteiger partial charge >= 0.3 is 0 Å². The van der Waals surface area contributed by atoms with E-state index in [1.165, 1.54) is 0 Å². The second-order valence-corrected chi connectivity index (χ2v) is 3.78. The Balaban J connectivity index is 2.22. The molecule has 0 saturated carbocycles. The molecule has 15 heavy (non-hydrogen) atoms. The summed E-state index contributed by atoms with van der Waals surface area (Å²) < 4.78 is 1.92. The minimum absolute atomic E-state index is 0.0132. The first-order valence-corrected chi connectivity index (χ1v) is 5.06. The summed E-state index contributed by atoms with van der Waals surface area (Å²) in [5, 5.41) is 5.85. The largest absolute Gasteiger partial charge is 0.353 e. The van der Waals surface area contributed by atoms with Crippen LogP contribution in [0, 0.1) is 0 Å². The van der Waals surface area contributed by atoms with Gasteiger partial charge in [-0.1, -0.05) is 0 Å². The van der Waals surface area contributed by atoms with Crippen LogP contribution in [0.2, 0.25) is 0 Å². The zero-order chi connectivity index (χ0) is 11.3. The van der Waals surface area contributed by atoms with Crippen molar-refractivity contribution in [3.8, 4) is 0 Å². The van der Waals surface area contributed by atoms with E-state index in [0.717, 1.165) is 5.82 Å². The van der Waals surface area contributed by atoms with Crippen molar-refractivity contribution in [3.05, 3.63) is 18.2 Å². The molecule has 0 aromatic carbocycles. The molecular weight excluding hydrogens is 192 g/mol. The molecule has 0 saturated heterocycles. The zero-order valence-electron chi connectivity index (χ0n) is 9.45. The standard InChI is InChI=1S/C10H18N4O/c1-8(2)13-10(15)7-11-6-9-12-4-5-14(9)3/h4-5,8,11H,6-7H2,1-3H3,(H,13,15). The van der Waals surface area contributed by atoms with Crippen LogP contribution in [0.15, 0.2) is 12.4 Å². The summed E-state index contributed by atoms with van der Waals surface area (Å²) in [4.78, 5) is 15.4. The fourth-order valence-corrected chi connectivity index (χ4v) is 1.23. The molecule has 0 fully saturated rings. The molecule has 1 amide bonds. The maximum atomic E-state index is 11.3.